The first-order valence-electron chi connectivity index (χ1n) is 19.6. The number of carbonyl (C=O) groups excluding carboxylic acids is 4. The molecule has 1 aromatic heterocycles. The van der Waals surface area contributed by atoms with Crippen molar-refractivity contribution in [1.29, 1.82) is 0 Å². The number of aryl methyl sites for hydroxylation is 2. The minimum absolute atomic E-state index is 0.0371. The molecule has 1 saturated heterocycles. The molecule has 0 radical (unpaired) electrons. The Bertz CT molecular complexity index is 2260. The molecule has 2 amide bonds. The smallest absolute Gasteiger partial charge is 0.416 e. The third-order valence-corrected chi connectivity index (χ3v) is 9.95. The number of esters is 2. The van der Waals surface area contributed by atoms with Gasteiger partial charge in [0.15, 0.2) is 11.4 Å². The molecule has 0 N–H and O–H groups in total. The number of carbonyl (C=O) groups is 4. The molecule has 4 aromatic rings. The third-order valence-electron chi connectivity index (χ3n) is 9.05. The van der Waals surface area contributed by atoms with Crippen LogP contribution < -0.4 is 9.64 Å². The summed E-state index contributed by atoms with van der Waals surface area (Å²) in [6.07, 6.45) is -2.45. The quantitative estimate of drug-likeness (QED) is 0.0363. The molecule has 1 atom stereocenters. The number of anilines is 1. The van der Waals surface area contributed by atoms with Crippen LogP contribution >= 0.6 is 46.4 Å². The summed E-state index contributed by atoms with van der Waals surface area (Å²) in [6, 6.07) is 15.0. The molecule has 354 valence electrons. The molecule has 1 fully saturated rings. The summed E-state index contributed by atoms with van der Waals surface area (Å²) >= 11 is 22.7. The van der Waals surface area contributed by atoms with Crippen LogP contribution in [0.4, 0.5) is 24.5 Å². The van der Waals surface area contributed by atoms with Crippen molar-refractivity contribution in [1.82, 2.24) is 4.90 Å². The minimum atomic E-state index is -4.61. The van der Waals surface area contributed by atoms with Crippen molar-refractivity contribution in [3.63, 3.8) is 0 Å². The summed E-state index contributed by atoms with van der Waals surface area (Å²) < 4.78 is 69.2. The second-order valence-electron chi connectivity index (χ2n) is 13.9. The fourth-order valence-corrected chi connectivity index (χ4v) is 6.63. The summed E-state index contributed by atoms with van der Waals surface area (Å²) in [5, 5.41) is 10.8. The van der Waals surface area contributed by atoms with E-state index in [1.807, 2.05) is 38.1 Å². The number of hydrogen-bond acceptors (Lipinski definition) is 12. The van der Waals surface area contributed by atoms with Crippen LogP contribution in [0.2, 0.25) is 5.02 Å². The number of alkyl halides is 6. The van der Waals surface area contributed by atoms with Gasteiger partial charge >= 0.3 is 18.1 Å². The minimum Gasteiger partial charge on any atom is -0.467 e. The number of nitro benzene ring substituents is 1. The van der Waals surface area contributed by atoms with Gasteiger partial charge in [-0.05, 0) is 88.6 Å². The number of para-hydroxylation sites is 1. The molecule has 0 saturated carbocycles. The zero-order chi connectivity index (χ0) is 48.6. The highest BCUT2D eigenvalue weighted by molar-refractivity contribution is 6.53. The highest BCUT2D eigenvalue weighted by Gasteiger charge is 2.45. The number of ether oxygens (including phenoxy) is 5. The van der Waals surface area contributed by atoms with Crippen molar-refractivity contribution >= 4 is 81.5 Å². The number of nitrogens with zero attached hydrogens (tertiary/aromatic N) is 3. The van der Waals surface area contributed by atoms with Crippen LogP contribution in [-0.4, -0.2) is 83.1 Å². The van der Waals surface area contributed by atoms with Gasteiger partial charge in [-0.1, -0.05) is 59.9 Å². The molecule has 22 heteroatoms. The van der Waals surface area contributed by atoms with Crippen LogP contribution in [-0.2, 0) is 45.9 Å². The lowest BCUT2D eigenvalue weighted by Gasteiger charge is -2.29. The molecule has 2 heterocycles. The first kappa shape index (κ1) is 54.2. The van der Waals surface area contributed by atoms with Crippen molar-refractivity contribution in [3.8, 4) is 11.5 Å². The summed E-state index contributed by atoms with van der Waals surface area (Å²) in [5.74, 6) is -2.19. The predicted octanol–water partition coefficient (Wildman–Crippen LogP) is 10.6. The normalized spacial score (nSPS) is 14.1. The SMILES string of the molecule is CC1(C)OC(c2ccco2)CN1C(=O)C(Cl)Cl.CCOC(=O)COC(=O)c1cc(Oc2ccc(C(F)(F)F)cc2Cl)ccc1[N+](=O)[O-].CCOCN(C(=O)CCl)c1c(C)cccc1CC. The van der Waals surface area contributed by atoms with Gasteiger partial charge in [0.05, 0.1) is 40.6 Å². The van der Waals surface area contributed by atoms with E-state index in [4.69, 9.17) is 69.8 Å². The summed E-state index contributed by atoms with van der Waals surface area (Å²) in [5.41, 5.74) is 0.224. The van der Waals surface area contributed by atoms with E-state index in [1.165, 1.54) is 11.8 Å². The zero-order valence-corrected chi connectivity index (χ0v) is 38.9. The molecule has 1 unspecified atom stereocenters. The monoisotopic (exact) mass is 993 g/mol. The van der Waals surface area contributed by atoms with Crippen molar-refractivity contribution in [2.24, 2.45) is 0 Å². The highest BCUT2D eigenvalue weighted by atomic mass is 35.5. The standard InChI is InChI=1S/C18H13ClF3NO7.C14H20ClNO2.C11H13Cl2NO3/c1-2-28-16(24)9-29-17(25)12-8-11(4-5-14(12)23(26)27)30-15-6-3-10(7-13(15)19)18(20,21)22;1-4-12-8-6-7-11(3)14(12)16(10-18-5-2)13(17)9-15;1-11(2)14(10(15)9(12)13)6-8(17-11)7-4-3-5-16-7/h3-8H,2,9H2,1H3;6-8H,4-5,9-10H2,1-3H3;3-5,8-9H,6H2,1-2H3. The Labute approximate surface area is 392 Å². The number of nitro groups is 1. The Morgan fingerprint density at radius 3 is 2.26 bits per heavy atom. The number of rotatable bonds is 15. The Kier molecular flexibility index (Phi) is 20.8. The van der Waals surface area contributed by atoms with E-state index in [1.54, 1.807) is 31.1 Å². The van der Waals surface area contributed by atoms with Gasteiger partial charge in [0.25, 0.3) is 11.6 Å². The average molecular weight is 996 g/mol. The second kappa shape index (κ2) is 25.0. The Morgan fingerprint density at radius 1 is 1.00 bits per heavy atom. The van der Waals surface area contributed by atoms with Gasteiger partial charge < -0.3 is 33.0 Å². The molecular formula is C43H46Cl4F3N3O12. The first-order chi connectivity index (χ1) is 30.6. The highest BCUT2D eigenvalue weighted by Crippen LogP contribution is 2.38. The summed E-state index contributed by atoms with van der Waals surface area (Å²) in [7, 11) is 0. The maximum atomic E-state index is 12.7. The molecule has 0 spiro atoms. The zero-order valence-electron chi connectivity index (χ0n) is 35.9. The van der Waals surface area contributed by atoms with Crippen LogP contribution in [0.1, 0.15) is 73.5 Å². The number of amides is 2. The largest absolute Gasteiger partial charge is 0.467 e. The average Bonchev–Trinajstić information content (AvgIpc) is 3.91. The maximum absolute atomic E-state index is 12.7. The van der Waals surface area contributed by atoms with Crippen LogP contribution in [0.25, 0.3) is 0 Å². The maximum Gasteiger partial charge on any atom is 0.416 e. The lowest BCUT2D eigenvalue weighted by molar-refractivity contribution is -0.385. The third kappa shape index (κ3) is 15.5. The summed E-state index contributed by atoms with van der Waals surface area (Å²) in [4.78, 5) is 59.6. The predicted molar refractivity (Wildman–Crippen MR) is 236 cm³/mol. The molecule has 65 heavy (non-hydrogen) atoms. The van der Waals surface area contributed by atoms with Gasteiger partial charge in [0.1, 0.15) is 47.3 Å². The first-order valence-corrected chi connectivity index (χ1v) is 21.4. The van der Waals surface area contributed by atoms with Crippen molar-refractivity contribution < 1.29 is 65.4 Å². The van der Waals surface area contributed by atoms with Crippen LogP contribution in [0, 0.1) is 17.0 Å². The molecule has 5 rings (SSSR count). The number of furan rings is 1. The number of halogens is 7. The van der Waals surface area contributed by atoms with Gasteiger partial charge in [-0.2, -0.15) is 13.2 Å². The van der Waals surface area contributed by atoms with E-state index in [0.717, 1.165) is 53.6 Å². The van der Waals surface area contributed by atoms with Crippen LogP contribution in [0.5, 0.6) is 11.5 Å². The van der Waals surface area contributed by atoms with Crippen molar-refractivity contribution in [2.75, 3.05) is 43.9 Å². The van der Waals surface area contributed by atoms with Gasteiger partial charge in [-0.15, -0.1) is 11.6 Å². The van der Waals surface area contributed by atoms with Gasteiger partial charge in [-0.25, -0.2) is 9.59 Å². The van der Waals surface area contributed by atoms with E-state index in [0.29, 0.717) is 25.0 Å². The van der Waals surface area contributed by atoms with Gasteiger partial charge in [-0.3, -0.25) is 24.6 Å². The van der Waals surface area contributed by atoms with Crippen LogP contribution in [0.15, 0.2) is 77.4 Å². The molecular weight excluding hydrogens is 949 g/mol. The molecule has 0 bridgehead atoms. The van der Waals surface area contributed by atoms with E-state index in [9.17, 15) is 42.5 Å². The van der Waals surface area contributed by atoms with E-state index >= 15 is 0 Å². The van der Waals surface area contributed by atoms with E-state index in [2.05, 4.69) is 11.7 Å². The van der Waals surface area contributed by atoms with Gasteiger partial charge in [0.2, 0.25) is 5.91 Å². The number of hydrogen-bond donors (Lipinski definition) is 0. The lowest BCUT2D eigenvalue weighted by Crippen LogP contribution is -2.45. The lowest BCUT2D eigenvalue weighted by atomic mass is 10.0. The summed E-state index contributed by atoms with van der Waals surface area (Å²) in [6.45, 7) is 11.6. The molecule has 15 nitrogen and oxygen atoms in total. The van der Waals surface area contributed by atoms with Crippen LogP contribution in [0.3, 0.4) is 0 Å². The fourth-order valence-electron chi connectivity index (χ4n) is 6.03. The van der Waals surface area contributed by atoms with Crippen molar-refractivity contribution in [2.45, 2.75) is 70.8 Å². The molecule has 0 aliphatic carbocycles. The molecule has 1 aliphatic rings. The topological polar surface area (TPSA) is 177 Å². The van der Waals surface area contributed by atoms with Crippen molar-refractivity contribution in [3.05, 3.63) is 116 Å². The molecule has 3 aromatic carbocycles. The number of benzene rings is 3. The second-order valence-corrected chi connectivity index (χ2v) is 15.7. The van der Waals surface area contributed by atoms with Gasteiger partial charge in [0, 0.05) is 18.7 Å². The fraction of sp³-hybridized carbons (Fsp3) is 0.395. The van der Waals surface area contributed by atoms with E-state index in [-0.39, 0.29) is 53.7 Å². The Hall–Kier alpha value is -5.11. The Morgan fingerprint density at radius 2 is 1.71 bits per heavy atom. The molecule has 1 aliphatic heterocycles. The van der Waals surface area contributed by atoms with E-state index < -0.39 is 57.0 Å². The Balaban J connectivity index is 0.000000275.